The molecule has 138 valence electrons. The lowest BCUT2D eigenvalue weighted by Crippen LogP contribution is -2.30. The SMILES string of the molecule is COc1ccc(-c2nc(Cn3cc([N+](=O)[O-])cc(C(N)=O)c3=O)co2)cc1. The van der Waals surface area contributed by atoms with Gasteiger partial charge in [-0.15, -0.1) is 0 Å². The van der Waals surface area contributed by atoms with E-state index < -0.39 is 27.6 Å². The number of aromatic nitrogens is 2. The van der Waals surface area contributed by atoms with Gasteiger partial charge in [0.05, 0.1) is 30.5 Å². The maximum absolute atomic E-state index is 12.3. The van der Waals surface area contributed by atoms with Gasteiger partial charge in [-0.1, -0.05) is 0 Å². The minimum absolute atomic E-state index is 0.125. The molecule has 1 aromatic carbocycles. The van der Waals surface area contributed by atoms with Crippen molar-refractivity contribution in [2.75, 3.05) is 7.11 Å². The minimum Gasteiger partial charge on any atom is -0.497 e. The minimum atomic E-state index is -1.04. The quantitative estimate of drug-likeness (QED) is 0.512. The van der Waals surface area contributed by atoms with E-state index in [-0.39, 0.29) is 6.54 Å². The Bertz CT molecular complexity index is 1070. The van der Waals surface area contributed by atoms with Crippen molar-refractivity contribution < 1.29 is 18.9 Å². The van der Waals surface area contributed by atoms with Gasteiger partial charge < -0.3 is 19.5 Å². The summed E-state index contributed by atoms with van der Waals surface area (Å²) in [6, 6.07) is 7.83. The van der Waals surface area contributed by atoms with Crippen LogP contribution < -0.4 is 16.0 Å². The number of methoxy groups -OCH3 is 1. The van der Waals surface area contributed by atoms with Crippen LogP contribution in [0.4, 0.5) is 5.69 Å². The molecule has 0 unspecified atom stereocenters. The van der Waals surface area contributed by atoms with E-state index in [4.69, 9.17) is 14.9 Å². The predicted octanol–water partition coefficient (Wildman–Crippen LogP) is 1.57. The number of carbonyl (C=O) groups excluding carboxylic acids is 1. The number of primary amides is 1. The lowest BCUT2D eigenvalue weighted by atomic mass is 10.2. The molecule has 1 amide bonds. The molecule has 0 atom stereocenters. The topological polar surface area (TPSA) is 143 Å². The second-order valence-electron chi connectivity index (χ2n) is 5.54. The van der Waals surface area contributed by atoms with E-state index in [1.54, 1.807) is 31.4 Å². The number of amides is 1. The Labute approximate surface area is 152 Å². The molecule has 27 heavy (non-hydrogen) atoms. The molecule has 10 heteroatoms. The number of benzene rings is 1. The van der Waals surface area contributed by atoms with Gasteiger partial charge in [0.2, 0.25) is 5.89 Å². The first-order valence-electron chi connectivity index (χ1n) is 7.66. The number of nitro groups is 1. The van der Waals surface area contributed by atoms with Crippen molar-refractivity contribution in [2.45, 2.75) is 6.54 Å². The van der Waals surface area contributed by atoms with Gasteiger partial charge in [-0.25, -0.2) is 4.98 Å². The fourth-order valence-corrected chi connectivity index (χ4v) is 2.43. The molecule has 0 saturated carbocycles. The standard InChI is InChI=1S/C17H14N4O6/c1-26-13-4-2-10(3-5-13)16-19-11(9-27-16)7-20-8-12(21(24)25)6-14(15(18)22)17(20)23/h2-6,8-9H,7H2,1H3,(H2,18,22). The fraction of sp³-hybridized carbons (Fsp3) is 0.118. The van der Waals surface area contributed by atoms with Crippen LogP contribution in [0.3, 0.4) is 0 Å². The summed E-state index contributed by atoms with van der Waals surface area (Å²) in [5.41, 5.74) is 4.52. The lowest BCUT2D eigenvalue weighted by molar-refractivity contribution is -0.385. The van der Waals surface area contributed by atoms with E-state index in [0.29, 0.717) is 22.9 Å². The van der Waals surface area contributed by atoms with Crippen LogP contribution in [-0.2, 0) is 6.54 Å². The third-order valence-corrected chi connectivity index (χ3v) is 3.77. The number of nitrogens with zero attached hydrogens (tertiary/aromatic N) is 3. The zero-order valence-electron chi connectivity index (χ0n) is 14.1. The molecule has 0 saturated heterocycles. The van der Waals surface area contributed by atoms with Crippen LogP contribution in [0.5, 0.6) is 5.75 Å². The Hall–Kier alpha value is -3.95. The summed E-state index contributed by atoms with van der Waals surface area (Å²) < 4.78 is 11.5. The molecular weight excluding hydrogens is 356 g/mol. The van der Waals surface area contributed by atoms with Crippen LogP contribution in [0.15, 0.2) is 52.0 Å². The zero-order chi connectivity index (χ0) is 19.6. The van der Waals surface area contributed by atoms with Gasteiger partial charge >= 0.3 is 0 Å². The summed E-state index contributed by atoms with van der Waals surface area (Å²) in [6.07, 6.45) is 2.35. The first-order valence-corrected chi connectivity index (χ1v) is 7.66. The molecule has 0 aliphatic heterocycles. The van der Waals surface area contributed by atoms with Gasteiger partial charge in [0, 0.05) is 11.6 Å². The maximum atomic E-state index is 12.3. The maximum Gasteiger partial charge on any atom is 0.286 e. The summed E-state index contributed by atoms with van der Waals surface area (Å²) in [6.45, 7) is -0.125. The van der Waals surface area contributed by atoms with E-state index in [2.05, 4.69) is 4.98 Å². The van der Waals surface area contributed by atoms with Crippen molar-refractivity contribution in [3.63, 3.8) is 0 Å². The van der Waals surface area contributed by atoms with Gasteiger partial charge in [0.1, 0.15) is 17.6 Å². The smallest absolute Gasteiger partial charge is 0.286 e. The molecule has 0 spiro atoms. The normalized spacial score (nSPS) is 10.6. The molecule has 10 nitrogen and oxygen atoms in total. The Kier molecular flexibility index (Phi) is 4.71. The van der Waals surface area contributed by atoms with Crippen LogP contribution in [0.2, 0.25) is 0 Å². The summed E-state index contributed by atoms with van der Waals surface area (Å²) >= 11 is 0. The Morgan fingerprint density at radius 1 is 1.37 bits per heavy atom. The third kappa shape index (κ3) is 3.68. The highest BCUT2D eigenvalue weighted by atomic mass is 16.6. The molecule has 0 fully saturated rings. The number of pyridine rings is 1. The highest BCUT2D eigenvalue weighted by Crippen LogP contribution is 2.22. The van der Waals surface area contributed by atoms with E-state index in [1.165, 1.54) is 6.26 Å². The first kappa shape index (κ1) is 17.9. The molecule has 0 radical (unpaired) electrons. The number of hydrogen-bond donors (Lipinski definition) is 1. The van der Waals surface area contributed by atoms with Crippen molar-refractivity contribution >= 4 is 11.6 Å². The van der Waals surface area contributed by atoms with Crippen LogP contribution in [0, 0.1) is 10.1 Å². The lowest BCUT2D eigenvalue weighted by Gasteiger charge is -2.05. The highest BCUT2D eigenvalue weighted by Gasteiger charge is 2.18. The molecule has 3 rings (SSSR count). The van der Waals surface area contributed by atoms with Gasteiger partial charge in [0.25, 0.3) is 17.2 Å². The Morgan fingerprint density at radius 2 is 2.07 bits per heavy atom. The predicted molar refractivity (Wildman–Crippen MR) is 93.5 cm³/mol. The molecular formula is C17H14N4O6. The largest absolute Gasteiger partial charge is 0.497 e. The van der Waals surface area contributed by atoms with Gasteiger partial charge in [-0.05, 0) is 24.3 Å². The van der Waals surface area contributed by atoms with E-state index in [9.17, 15) is 19.7 Å². The summed E-state index contributed by atoms with van der Waals surface area (Å²) in [4.78, 5) is 38.3. The fourth-order valence-electron chi connectivity index (χ4n) is 2.43. The first-order chi connectivity index (χ1) is 12.9. The molecule has 2 aromatic heterocycles. The second kappa shape index (κ2) is 7.12. The monoisotopic (exact) mass is 370 g/mol. The van der Waals surface area contributed by atoms with Crippen molar-refractivity contribution in [3.05, 3.63) is 74.5 Å². The number of hydrogen-bond acceptors (Lipinski definition) is 7. The van der Waals surface area contributed by atoms with E-state index in [1.807, 2.05) is 0 Å². The van der Waals surface area contributed by atoms with E-state index in [0.717, 1.165) is 16.8 Å². The van der Waals surface area contributed by atoms with E-state index >= 15 is 0 Å². The van der Waals surface area contributed by atoms with Gasteiger partial charge in [-0.3, -0.25) is 19.7 Å². The average Bonchev–Trinajstić information content (AvgIpc) is 3.11. The number of rotatable bonds is 6. The number of oxazole rings is 1. The van der Waals surface area contributed by atoms with Gasteiger partial charge in [0.15, 0.2) is 0 Å². The molecule has 3 aromatic rings. The highest BCUT2D eigenvalue weighted by molar-refractivity contribution is 5.92. The summed E-state index contributed by atoms with van der Waals surface area (Å²) in [5.74, 6) is -0.0644. The van der Waals surface area contributed by atoms with Crippen molar-refractivity contribution in [1.82, 2.24) is 9.55 Å². The van der Waals surface area contributed by atoms with Crippen molar-refractivity contribution in [1.29, 1.82) is 0 Å². The second-order valence-corrected chi connectivity index (χ2v) is 5.54. The molecule has 2 heterocycles. The number of carbonyl (C=O) groups is 1. The summed E-state index contributed by atoms with van der Waals surface area (Å²) in [5, 5.41) is 11.0. The zero-order valence-corrected chi connectivity index (χ0v) is 14.1. The van der Waals surface area contributed by atoms with Crippen LogP contribution in [0.25, 0.3) is 11.5 Å². The third-order valence-electron chi connectivity index (χ3n) is 3.77. The van der Waals surface area contributed by atoms with Crippen LogP contribution in [0.1, 0.15) is 16.1 Å². The van der Waals surface area contributed by atoms with Gasteiger partial charge in [-0.2, -0.15) is 0 Å². The van der Waals surface area contributed by atoms with Crippen molar-refractivity contribution in [3.8, 4) is 17.2 Å². The summed E-state index contributed by atoms with van der Waals surface area (Å²) in [7, 11) is 1.55. The van der Waals surface area contributed by atoms with Crippen molar-refractivity contribution in [2.24, 2.45) is 5.73 Å². The molecule has 2 N–H and O–H groups in total. The number of ether oxygens (including phenoxy) is 1. The van der Waals surface area contributed by atoms with Crippen LogP contribution >= 0.6 is 0 Å². The molecule has 0 aliphatic rings. The Morgan fingerprint density at radius 3 is 2.67 bits per heavy atom. The molecule has 0 aliphatic carbocycles. The average molecular weight is 370 g/mol. The number of nitrogens with two attached hydrogens (primary N) is 1. The van der Waals surface area contributed by atoms with Crippen LogP contribution in [-0.4, -0.2) is 27.5 Å². The molecule has 0 bridgehead atoms. The Balaban J connectivity index is 1.93.